The Morgan fingerprint density at radius 3 is 2.71 bits per heavy atom. The topological polar surface area (TPSA) is 84.5 Å². The van der Waals surface area contributed by atoms with Crippen LogP contribution in [0.1, 0.15) is 26.7 Å². The second kappa shape index (κ2) is 10.7. The van der Waals surface area contributed by atoms with Crippen molar-refractivity contribution in [2.75, 3.05) is 26.3 Å². The van der Waals surface area contributed by atoms with Gasteiger partial charge in [0.2, 0.25) is 15.9 Å². The van der Waals surface area contributed by atoms with Crippen LogP contribution >= 0.6 is 11.6 Å². The Kier molecular flexibility index (Phi) is 9.28. The summed E-state index contributed by atoms with van der Waals surface area (Å²) in [6.07, 6.45) is 0.805. The van der Waals surface area contributed by atoms with Gasteiger partial charge < -0.3 is 10.1 Å². The SMILES string of the molecule is CC(C)COCCCNC(=O)CCNS(=O)(=O)c1cccc(Cl)c1. The van der Waals surface area contributed by atoms with Gasteiger partial charge in [0.25, 0.3) is 0 Å². The number of halogens is 1. The summed E-state index contributed by atoms with van der Waals surface area (Å²) in [6.45, 7) is 6.00. The lowest BCUT2D eigenvalue weighted by molar-refractivity contribution is -0.120. The number of amides is 1. The summed E-state index contributed by atoms with van der Waals surface area (Å²) in [5.41, 5.74) is 0. The van der Waals surface area contributed by atoms with Gasteiger partial charge in [-0.1, -0.05) is 31.5 Å². The van der Waals surface area contributed by atoms with E-state index in [4.69, 9.17) is 16.3 Å². The number of ether oxygens (including phenoxy) is 1. The van der Waals surface area contributed by atoms with Crippen LogP contribution in [0.3, 0.4) is 0 Å². The van der Waals surface area contributed by atoms with E-state index in [0.717, 1.165) is 6.42 Å². The van der Waals surface area contributed by atoms with Crippen molar-refractivity contribution >= 4 is 27.5 Å². The van der Waals surface area contributed by atoms with Crippen molar-refractivity contribution in [3.8, 4) is 0 Å². The molecule has 0 bridgehead atoms. The van der Waals surface area contributed by atoms with Crippen LogP contribution < -0.4 is 10.0 Å². The Hall–Kier alpha value is -1.15. The van der Waals surface area contributed by atoms with Gasteiger partial charge in [-0.2, -0.15) is 0 Å². The maximum atomic E-state index is 12.0. The fourth-order valence-electron chi connectivity index (χ4n) is 1.83. The molecule has 0 fully saturated rings. The summed E-state index contributed by atoms with van der Waals surface area (Å²) in [5.74, 6) is 0.291. The van der Waals surface area contributed by atoms with Gasteiger partial charge in [0, 0.05) is 37.7 Å². The molecule has 1 aromatic rings. The third-order valence-corrected chi connectivity index (χ3v) is 4.68. The van der Waals surface area contributed by atoms with Gasteiger partial charge in [0.05, 0.1) is 4.90 Å². The van der Waals surface area contributed by atoms with Crippen LogP contribution in [0.15, 0.2) is 29.2 Å². The summed E-state index contributed by atoms with van der Waals surface area (Å²) in [5, 5.41) is 3.07. The van der Waals surface area contributed by atoms with Crippen LogP contribution in [0.25, 0.3) is 0 Å². The molecule has 6 nitrogen and oxygen atoms in total. The molecule has 0 saturated heterocycles. The summed E-state index contributed by atoms with van der Waals surface area (Å²) >= 11 is 5.78. The lowest BCUT2D eigenvalue weighted by atomic mass is 10.2. The van der Waals surface area contributed by atoms with Gasteiger partial charge in [-0.15, -0.1) is 0 Å². The molecule has 136 valence electrons. The summed E-state index contributed by atoms with van der Waals surface area (Å²) in [6, 6.07) is 5.97. The van der Waals surface area contributed by atoms with Gasteiger partial charge >= 0.3 is 0 Å². The van der Waals surface area contributed by atoms with Gasteiger partial charge in [-0.05, 0) is 30.5 Å². The smallest absolute Gasteiger partial charge is 0.240 e. The third-order valence-electron chi connectivity index (χ3n) is 2.99. The molecule has 24 heavy (non-hydrogen) atoms. The Balaban J connectivity index is 2.21. The summed E-state index contributed by atoms with van der Waals surface area (Å²) in [7, 11) is -3.65. The Morgan fingerprint density at radius 2 is 2.04 bits per heavy atom. The first-order valence-electron chi connectivity index (χ1n) is 7.91. The van der Waals surface area contributed by atoms with E-state index in [2.05, 4.69) is 23.9 Å². The second-order valence-electron chi connectivity index (χ2n) is 5.78. The van der Waals surface area contributed by atoms with E-state index in [1.807, 2.05) is 0 Å². The molecule has 0 aromatic heterocycles. The zero-order chi connectivity index (χ0) is 18.0. The first kappa shape index (κ1) is 20.9. The fraction of sp³-hybridized carbons (Fsp3) is 0.562. The van der Waals surface area contributed by atoms with Gasteiger partial charge in [0.1, 0.15) is 0 Å². The van der Waals surface area contributed by atoms with Gasteiger partial charge in [-0.3, -0.25) is 4.79 Å². The number of nitrogens with one attached hydrogen (secondary N) is 2. The van der Waals surface area contributed by atoms with Crippen molar-refractivity contribution in [3.63, 3.8) is 0 Å². The molecule has 0 aliphatic carbocycles. The molecule has 0 aliphatic rings. The molecule has 8 heteroatoms. The van der Waals surface area contributed by atoms with Crippen LogP contribution in [-0.4, -0.2) is 40.6 Å². The van der Waals surface area contributed by atoms with Crippen molar-refractivity contribution in [1.82, 2.24) is 10.0 Å². The van der Waals surface area contributed by atoms with Crippen molar-refractivity contribution in [2.24, 2.45) is 5.92 Å². The van der Waals surface area contributed by atoms with Crippen molar-refractivity contribution < 1.29 is 17.9 Å². The number of hydrogen-bond donors (Lipinski definition) is 2. The average Bonchev–Trinajstić information content (AvgIpc) is 2.50. The summed E-state index contributed by atoms with van der Waals surface area (Å²) < 4.78 is 31.9. The lowest BCUT2D eigenvalue weighted by Gasteiger charge is -2.09. The Morgan fingerprint density at radius 1 is 1.29 bits per heavy atom. The molecule has 0 radical (unpaired) electrons. The zero-order valence-electron chi connectivity index (χ0n) is 14.0. The van der Waals surface area contributed by atoms with Gasteiger partial charge in [0.15, 0.2) is 0 Å². The first-order chi connectivity index (χ1) is 11.3. The first-order valence-corrected chi connectivity index (χ1v) is 9.77. The number of carbonyl (C=O) groups excluding carboxylic acids is 1. The molecule has 0 unspecified atom stereocenters. The number of benzene rings is 1. The van der Waals surface area contributed by atoms with Crippen LogP contribution in [0.4, 0.5) is 0 Å². The van der Waals surface area contributed by atoms with Crippen LogP contribution in [0.2, 0.25) is 5.02 Å². The predicted molar refractivity (Wildman–Crippen MR) is 94.5 cm³/mol. The largest absolute Gasteiger partial charge is 0.381 e. The number of carbonyl (C=O) groups is 1. The molecule has 2 N–H and O–H groups in total. The highest BCUT2D eigenvalue weighted by atomic mass is 35.5. The third kappa shape index (κ3) is 8.63. The number of hydrogen-bond acceptors (Lipinski definition) is 4. The maximum absolute atomic E-state index is 12.0. The van der Waals surface area contributed by atoms with E-state index in [-0.39, 0.29) is 23.8 Å². The normalized spacial score (nSPS) is 11.7. The molecule has 0 saturated carbocycles. The molecule has 0 atom stereocenters. The quantitative estimate of drug-likeness (QED) is 0.580. The van der Waals surface area contributed by atoms with E-state index in [1.165, 1.54) is 12.1 Å². The Labute approximate surface area is 149 Å². The second-order valence-corrected chi connectivity index (χ2v) is 7.98. The molecular formula is C16H25ClN2O4S. The van der Waals surface area contributed by atoms with E-state index < -0.39 is 10.0 Å². The van der Waals surface area contributed by atoms with E-state index in [0.29, 0.717) is 30.7 Å². The minimum absolute atomic E-state index is 0.0323. The highest BCUT2D eigenvalue weighted by Gasteiger charge is 2.14. The molecular weight excluding hydrogens is 352 g/mol. The highest BCUT2D eigenvalue weighted by Crippen LogP contribution is 2.14. The molecule has 0 heterocycles. The van der Waals surface area contributed by atoms with E-state index >= 15 is 0 Å². The Bertz CT molecular complexity index is 620. The number of sulfonamides is 1. The molecule has 1 aromatic carbocycles. The minimum Gasteiger partial charge on any atom is -0.381 e. The monoisotopic (exact) mass is 376 g/mol. The van der Waals surface area contributed by atoms with Crippen molar-refractivity contribution in [2.45, 2.75) is 31.6 Å². The predicted octanol–water partition coefficient (Wildman–Crippen LogP) is 2.19. The average molecular weight is 377 g/mol. The van der Waals surface area contributed by atoms with Crippen LogP contribution in [0.5, 0.6) is 0 Å². The standard InChI is InChI=1S/C16H25ClN2O4S/c1-13(2)12-23-10-4-8-18-16(20)7-9-19-24(21,22)15-6-3-5-14(17)11-15/h3,5-6,11,13,19H,4,7-10,12H2,1-2H3,(H,18,20). The molecule has 1 rings (SSSR count). The highest BCUT2D eigenvalue weighted by molar-refractivity contribution is 7.89. The van der Waals surface area contributed by atoms with E-state index in [1.54, 1.807) is 12.1 Å². The molecule has 1 amide bonds. The van der Waals surface area contributed by atoms with Crippen molar-refractivity contribution in [3.05, 3.63) is 29.3 Å². The molecule has 0 spiro atoms. The van der Waals surface area contributed by atoms with Crippen LogP contribution in [0, 0.1) is 5.92 Å². The maximum Gasteiger partial charge on any atom is 0.240 e. The van der Waals surface area contributed by atoms with Crippen LogP contribution in [-0.2, 0) is 19.6 Å². The van der Waals surface area contributed by atoms with E-state index in [9.17, 15) is 13.2 Å². The minimum atomic E-state index is -3.65. The lowest BCUT2D eigenvalue weighted by Crippen LogP contribution is -2.31. The van der Waals surface area contributed by atoms with Crippen molar-refractivity contribution in [1.29, 1.82) is 0 Å². The number of rotatable bonds is 11. The zero-order valence-corrected chi connectivity index (χ0v) is 15.6. The summed E-state index contributed by atoms with van der Waals surface area (Å²) in [4.78, 5) is 11.7. The molecule has 0 aliphatic heterocycles. The van der Waals surface area contributed by atoms with Gasteiger partial charge in [-0.25, -0.2) is 13.1 Å². The fourth-order valence-corrected chi connectivity index (χ4v) is 3.16.